The number of aromatic nitrogens is 1. The van der Waals surface area contributed by atoms with E-state index in [-0.39, 0.29) is 36.1 Å². The van der Waals surface area contributed by atoms with Gasteiger partial charge in [-0.1, -0.05) is 23.7 Å². The second-order valence-electron chi connectivity index (χ2n) is 6.50. The van der Waals surface area contributed by atoms with Gasteiger partial charge in [-0.05, 0) is 51.2 Å². The van der Waals surface area contributed by atoms with Crippen LogP contribution in [0.25, 0.3) is 0 Å². The highest BCUT2D eigenvalue weighted by Crippen LogP contribution is 2.24. The van der Waals surface area contributed by atoms with Crippen molar-refractivity contribution in [3.63, 3.8) is 0 Å². The maximum Gasteiger partial charge on any atom is 0.191 e. The van der Waals surface area contributed by atoms with Crippen molar-refractivity contribution >= 4 is 41.5 Å². The van der Waals surface area contributed by atoms with E-state index < -0.39 is 17.7 Å². The quantitative estimate of drug-likeness (QED) is 0.231. The fraction of sp³-hybridized carbons (Fsp3) is 0.400. The molecule has 1 unspecified atom stereocenters. The molecule has 0 aliphatic carbocycles. The molecule has 1 atom stereocenters. The lowest BCUT2D eigenvalue weighted by molar-refractivity contribution is 0.290. The number of benzene rings is 1. The first-order chi connectivity index (χ1) is 13.4. The van der Waals surface area contributed by atoms with E-state index in [1.807, 2.05) is 13.0 Å². The topological polar surface area (TPSA) is 52.6 Å². The molecule has 2 N–H and O–H groups in total. The molecule has 0 saturated heterocycles. The van der Waals surface area contributed by atoms with E-state index in [2.05, 4.69) is 20.6 Å². The molecule has 0 bridgehead atoms. The van der Waals surface area contributed by atoms with Crippen LogP contribution in [0.15, 0.2) is 41.5 Å². The minimum Gasteiger partial charge on any atom is -0.357 e. The predicted octanol–water partition coefficient (Wildman–Crippen LogP) is 4.03. The Morgan fingerprint density at radius 2 is 1.86 bits per heavy atom. The van der Waals surface area contributed by atoms with E-state index in [4.69, 9.17) is 11.6 Å². The van der Waals surface area contributed by atoms with E-state index >= 15 is 0 Å². The number of nitrogens with one attached hydrogen (secondary N) is 2. The number of guanidine groups is 1. The molecule has 9 heteroatoms. The standard InChI is InChI=1S/C20H26ClF2N5.HI/c1-4-24-20(25-11-10-14-8-9-18(21)26-12-14)27-13-17(28(2)3)19-15(22)6-5-7-16(19)23;/h5-9,12,17H,4,10-11,13H2,1-3H3,(H2,24,25,27);1H. The Morgan fingerprint density at radius 3 is 2.41 bits per heavy atom. The summed E-state index contributed by atoms with van der Waals surface area (Å²) in [5.74, 6) is -0.544. The van der Waals surface area contributed by atoms with Crippen molar-refractivity contribution in [1.29, 1.82) is 0 Å². The molecule has 0 radical (unpaired) electrons. The zero-order valence-electron chi connectivity index (χ0n) is 16.8. The van der Waals surface area contributed by atoms with Crippen molar-refractivity contribution in [2.75, 3.05) is 33.7 Å². The largest absolute Gasteiger partial charge is 0.357 e. The summed E-state index contributed by atoms with van der Waals surface area (Å²) in [5, 5.41) is 6.84. The van der Waals surface area contributed by atoms with Crippen molar-refractivity contribution < 1.29 is 8.78 Å². The average Bonchev–Trinajstić information content (AvgIpc) is 2.65. The molecule has 0 aliphatic rings. The van der Waals surface area contributed by atoms with Crippen LogP contribution in [0.1, 0.15) is 24.1 Å². The van der Waals surface area contributed by atoms with E-state index in [9.17, 15) is 8.78 Å². The van der Waals surface area contributed by atoms with Crippen molar-refractivity contribution in [3.05, 3.63) is 64.4 Å². The summed E-state index contributed by atoms with van der Waals surface area (Å²) in [7, 11) is 3.56. The first-order valence-corrected chi connectivity index (χ1v) is 9.53. The molecule has 29 heavy (non-hydrogen) atoms. The molecule has 160 valence electrons. The number of hydrogen-bond acceptors (Lipinski definition) is 3. The van der Waals surface area contributed by atoms with Gasteiger partial charge in [-0.15, -0.1) is 24.0 Å². The molecule has 0 saturated carbocycles. The molecular formula is C20H27ClF2IN5. The van der Waals surface area contributed by atoms with Crippen LogP contribution in [0.3, 0.4) is 0 Å². The van der Waals surface area contributed by atoms with Gasteiger partial charge in [0.25, 0.3) is 0 Å². The van der Waals surface area contributed by atoms with E-state index in [0.29, 0.717) is 24.2 Å². The van der Waals surface area contributed by atoms with Crippen LogP contribution in [0, 0.1) is 11.6 Å². The lowest BCUT2D eigenvalue weighted by atomic mass is 10.0. The third kappa shape index (κ3) is 8.02. The van der Waals surface area contributed by atoms with Crippen molar-refractivity contribution in [2.24, 2.45) is 4.99 Å². The smallest absolute Gasteiger partial charge is 0.191 e. The maximum absolute atomic E-state index is 14.2. The Kier molecular flexibility index (Phi) is 11.4. The Hall–Kier alpha value is -1.52. The summed E-state index contributed by atoms with van der Waals surface area (Å²) < 4.78 is 28.4. The lowest BCUT2D eigenvalue weighted by Gasteiger charge is -2.24. The molecule has 0 spiro atoms. The van der Waals surface area contributed by atoms with E-state index in [0.717, 1.165) is 12.0 Å². The fourth-order valence-corrected chi connectivity index (χ4v) is 2.85. The summed E-state index contributed by atoms with van der Waals surface area (Å²) in [5.41, 5.74) is 1.08. The molecule has 1 aromatic heterocycles. The lowest BCUT2D eigenvalue weighted by Crippen LogP contribution is -2.39. The zero-order valence-corrected chi connectivity index (χ0v) is 19.8. The van der Waals surface area contributed by atoms with E-state index in [1.54, 1.807) is 31.3 Å². The van der Waals surface area contributed by atoms with Crippen LogP contribution >= 0.6 is 35.6 Å². The summed E-state index contributed by atoms with van der Waals surface area (Å²) in [4.78, 5) is 10.3. The monoisotopic (exact) mass is 537 g/mol. The summed E-state index contributed by atoms with van der Waals surface area (Å²) in [6.45, 7) is 3.48. The van der Waals surface area contributed by atoms with Crippen LogP contribution < -0.4 is 10.6 Å². The number of rotatable bonds is 8. The Bertz CT molecular complexity index is 767. The Morgan fingerprint density at radius 1 is 1.17 bits per heavy atom. The molecule has 0 aliphatic heterocycles. The molecule has 0 amide bonds. The number of halogens is 4. The van der Waals surface area contributed by atoms with Gasteiger partial charge in [-0.2, -0.15) is 0 Å². The third-order valence-electron chi connectivity index (χ3n) is 4.22. The molecule has 0 fully saturated rings. The summed E-state index contributed by atoms with van der Waals surface area (Å²) in [6.07, 6.45) is 2.48. The fourth-order valence-electron chi connectivity index (χ4n) is 2.74. The molecule has 2 rings (SSSR count). The van der Waals surface area contributed by atoms with Gasteiger partial charge in [0.1, 0.15) is 16.8 Å². The second-order valence-corrected chi connectivity index (χ2v) is 6.89. The van der Waals surface area contributed by atoms with Crippen LogP contribution in [0.5, 0.6) is 0 Å². The van der Waals surface area contributed by atoms with Gasteiger partial charge in [0.05, 0.1) is 12.6 Å². The molecule has 1 heterocycles. The van der Waals surface area contributed by atoms with Crippen LogP contribution in [-0.4, -0.2) is 49.6 Å². The molecule has 5 nitrogen and oxygen atoms in total. The van der Waals surface area contributed by atoms with Gasteiger partial charge in [0.2, 0.25) is 0 Å². The number of aliphatic imine (C=N–C) groups is 1. The van der Waals surface area contributed by atoms with Gasteiger partial charge in [-0.3, -0.25) is 4.99 Å². The van der Waals surface area contributed by atoms with Gasteiger partial charge >= 0.3 is 0 Å². The van der Waals surface area contributed by atoms with Gasteiger partial charge in [-0.25, -0.2) is 13.8 Å². The molecule has 1 aromatic carbocycles. The van der Waals surface area contributed by atoms with Crippen molar-refractivity contribution in [1.82, 2.24) is 20.5 Å². The highest BCUT2D eigenvalue weighted by atomic mass is 127. The average molecular weight is 538 g/mol. The normalized spacial score (nSPS) is 12.4. The number of nitrogens with zero attached hydrogens (tertiary/aromatic N) is 3. The van der Waals surface area contributed by atoms with Crippen molar-refractivity contribution in [3.8, 4) is 0 Å². The summed E-state index contributed by atoms with van der Waals surface area (Å²) >= 11 is 5.79. The maximum atomic E-state index is 14.2. The van der Waals surface area contributed by atoms with Gasteiger partial charge in [0.15, 0.2) is 5.96 Å². The van der Waals surface area contributed by atoms with Crippen molar-refractivity contribution in [2.45, 2.75) is 19.4 Å². The zero-order chi connectivity index (χ0) is 20.5. The minimum atomic E-state index is -0.568. The first kappa shape index (κ1) is 25.5. The minimum absolute atomic E-state index is 0. The van der Waals surface area contributed by atoms with Crippen LogP contribution in [0.2, 0.25) is 5.15 Å². The third-order valence-corrected chi connectivity index (χ3v) is 4.44. The molecule has 2 aromatic rings. The van der Waals surface area contributed by atoms with Gasteiger partial charge in [0, 0.05) is 24.8 Å². The predicted molar refractivity (Wildman–Crippen MR) is 125 cm³/mol. The van der Waals surface area contributed by atoms with E-state index in [1.165, 1.54) is 18.2 Å². The number of pyridine rings is 1. The van der Waals surface area contributed by atoms with Crippen LogP contribution in [0.4, 0.5) is 8.78 Å². The summed E-state index contributed by atoms with van der Waals surface area (Å²) in [6, 6.07) is 7.05. The van der Waals surface area contributed by atoms with Crippen LogP contribution in [-0.2, 0) is 6.42 Å². The highest BCUT2D eigenvalue weighted by Gasteiger charge is 2.22. The Labute approximate surface area is 193 Å². The first-order valence-electron chi connectivity index (χ1n) is 9.15. The highest BCUT2D eigenvalue weighted by molar-refractivity contribution is 14.0. The Balaban J connectivity index is 0.00000420. The number of likely N-dealkylation sites (N-methyl/N-ethyl adjacent to an activating group) is 1. The van der Waals surface area contributed by atoms with Gasteiger partial charge < -0.3 is 15.5 Å². The second kappa shape index (κ2) is 12.9. The molecular weight excluding hydrogens is 511 g/mol. The number of hydrogen-bond donors (Lipinski definition) is 2. The SMILES string of the molecule is CCNC(=NCC(c1c(F)cccc1F)N(C)C)NCCc1ccc(Cl)nc1.I.